The second kappa shape index (κ2) is 4.91. The van der Waals surface area contributed by atoms with E-state index in [9.17, 15) is 4.79 Å². The quantitative estimate of drug-likeness (QED) is 0.827. The number of carbonyl (C=O) groups is 1. The average Bonchev–Trinajstić information content (AvgIpc) is 2.27. The molecule has 0 saturated heterocycles. The van der Waals surface area contributed by atoms with Crippen molar-refractivity contribution in [3.63, 3.8) is 0 Å². The minimum atomic E-state index is -0.484. The molecular formula is C10H9BrN2O2. The number of halogens is 1. The van der Waals surface area contributed by atoms with Gasteiger partial charge in [0.2, 0.25) is 0 Å². The van der Waals surface area contributed by atoms with Crippen LogP contribution in [0.15, 0.2) is 16.6 Å². The van der Waals surface area contributed by atoms with E-state index in [2.05, 4.69) is 20.7 Å². The number of nitrogens with zero attached hydrogens (tertiary/aromatic N) is 1. The highest BCUT2D eigenvalue weighted by atomic mass is 79.9. The second-order valence-corrected chi connectivity index (χ2v) is 3.65. The van der Waals surface area contributed by atoms with Gasteiger partial charge in [0.25, 0.3) is 0 Å². The standard InChI is InChI=1S/C10H9BrN2O2/c1-15-10(14)8-2-6(4-12)7(5-13)3-9(8)11/h2-3H,5,13H2,1H3. The topological polar surface area (TPSA) is 76.1 Å². The molecule has 1 aromatic carbocycles. The van der Waals surface area contributed by atoms with Gasteiger partial charge in [-0.2, -0.15) is 5.26 Å². The normalized spacial score (nSPS) is 9.47. The van der Waals surface area contributed by atoms with Crippen LogP contribution < -0.4 is 5.73 Å². The van der Waals surface area contributed by atoms with Gasteiger partial charge in [-0.15, -0.1) is 0 Å². The molecule has 78 valence electrons. The van der Waals surface area contributed by atoms with Crippen molar-refractivity contribution in [2.45, 2.75) is 6.54 Å². The first kappa shape index (κ1) is 11.7. The maximum absolute atomic E-state index is 11.3. The molecule has 0 bridgehead atoms. The molecule has 0 radical (unpaired) electrons. The van der Waals surface area contributed by atoms with E-state index in [1.807, 2.05) is 6.07 Å². The van der Waals surface area contributed by atoms with Gasteiger partial charge in [-0.05, 0) is 33.6 Å². The Labute approximate surface area is 95.8 Å². The fourth-order valence-corrected chi connectivity index (χ4v) is 1.71. The van der Waals surface area contributed by atoms with Gasteiger partial charge in [0.1, 0.15) is 0 Å². The molecule has 4 nitrogen and oxygen atoms in total. The zero-order chi connectivity index (χ0) is 11.4. The van der Waals surface area contributed by atoms with Crippen LogP contribution >= 0.6 is 15.9 Å². The van der Waals surface area contributed by atoms with Gasteiger partial charge < -0.3 is 10.5 Å². The number of nitriles is 1. The summed E-state index contributed by atoms with van der Waals surface area (Å²) in [5, 5.41) is 8.85. The zero-order valence-corrected chi connectivity index (χ0v) is 9.67. The summed E-state index contributed by atoms with van der Waals surface area (Å²) in [5.41, 5.74) is 6.87. The lowest BCUT2D eigenvalue weighted by atomic mass is 10.0. The first-order chi connectivity index (χ1) is 7.13. The third-order valence-electron chi connectivity index (χ3n) is 1.94. The summed E-state index contributed by atoms with van der Waals surface area (Å²) in [4.78, 5) is 11.3. The molecule has 1 rings (SSSR count). The monoisotopic (exact) mass is 268 g/mol. The Hall–Kier alpha value is -1.38. The number of hydrogen-bond acceptors (Lipinski definition) is 4. The Kier molecular flexibility index (Phi) is 3.83. The van der Waals surface area contributed by atoms with Crippen LogP contribution in [0.25, 0.3) is 0 Å². The first-order valence-electron chi connectivity index (χ1n) is 4.15. The Morgan fingerprint density at radius 2 is 2.33 bits per heavy atom. The summed E-state index contributed by atoms with van der Waals surface area (Å²) >= 11 is 3.23. The van der Waals surface area contributed by atoms with E-state index in [0.717, 1.165) is 0 Å². The Morgan fingerprint density at radius 1 is 1.67 bits per heavy atom. The molecule has 0 atom stereocenters. The number of methoxy groups -OCH3 is 1. The van der Waals surface area contributed by atoms with Crippen molar-refractivity contribution in [1.82, 2.24) is 0 Å². The average molecular weight is 269 g/mol. The molecule has 15 heavy (non-hydrogen) atoms. The SMILES string of the molecule is COC(=O)c1cc(C#N)c(CN)cc1Br. The minimum Gasteiger partial charge on any atom is -0.465 e. The van der Waals surface area contributed by atoms with Gasteiger partial charge in [0.15, 0.2) is 0 Å². The highest BCUT2D eigenvalue weighted by molar-refractivity contribution is 9.10. The van der Waals surface area contributed by atoms with E-state index >= 15 is 0 Å². The van der Waals surface area contributed by atoms with Crippen molar-refractivity contribution in [1.29, 1.82) is 5.26 Å². The van der Waals surface area contributed by atoms with E-state index in [1.54, 1.807) is 6.07 Å². The fraction of sp³-hybridized carbons (Fsp3) is 0.200. The molecule has 0 spiro atoms. The van der Waals surface area contributed by atoms with E-state index in [-0.39, 0.29) is 6.54 Å². The number of benzene rings is 1. The smallest absolute Gasteiger partial charge is 0.339 e. The number of hydrogen-bond donors (Lipinski definition) is 1. The van der Waals surface area contributed by atoms with Gasteiger partial charge in [0, 0.05) is 11.0 Å². The van der Waals surface area contributed by atoms with Crippen molar-refractivity contribution < 1.29 is 9.53 Å². The van der Waals surface area contributed by atoms with Crippen LogP contribution in [0.3, 0.4) is 0 Å². The van der Waals surface area contributed by atoms with Crippen LogP contribution in [-0.4, -0.2) is 13.1 Å². The molecule has 1 aromatic rings. The fourth-order valence-electron chi connectivity index (χ4n) is 1.15. The third-order valence-corrected chi connectivity index (χ3v) is 2.59. The number of esters is 1. The van der Waals surface area contributed by atoms with Crippen molar-refractivity contribution in [3.05, 3.63) is 33.3 Å². The summed E-state index contributed by atoms with van der Waals surface area (Å²) in [6.45, 7) is 0.253. The zero-order valence-electron chi connectivity index (χ0n) is 8.08. The van der Waals surface area contributed by atoms with Gasteiger partial charge in [-0.1, -0.05) is 0 Å². The van der Waals surface area contributed by atoms with Crippen LogP contribution in [0.4, 0.5) is 0 Å². The molecule has 0 aliphatic carbocycles. The van der Waals surface area contributed by atoms with Gasteiger partial charge in [0.05, 0.1) is 24.3 Å². The number of nitrogens with two attached hydrogens (primary N) is 1. The van der Waals surface area contributed by atoms with E-state index in [0.29, 0.717) is 21.2 Å². The maximum atomic E-state index is 11.3. The number of rotatable bonds is 2. The highest BCUT2D eigenvalue weighted by Gasteiger charge is 2.13. The van der Waals surface area contributed by atoms with Crippen molar-refractivity contribution >= 4 is 21.9 Å². The molecule has 0 saturated carbocycles. The number of ether oxygens (including phenoxy) is 1. The molecule has 0 unspecified atom stereocenters. The van der Waals surface area contributed by atoms with Crippen molar-refractivity contribution in [2.24, 2.45) is 5.73 Å². The molecule has 0 aliphatic rings. The Balaban J connectivity index is 3.33. The van der Waals surface area contributed by atoms with E-state index < -0.39 is 5.97 Å². The minimum absolute atomic E-state index is 0.253. The number of carbonyl (C=O) groups excluding carboxylic acids is 1. The van der Waals surface area contributed by atoms with E-state index in [1.165, 1.54) is 13.2 Å². The van der Waals surface area contributed by atoms with E-state index in [4.69, 9.17) is 11.0 Å². The lowest BCUT2D eigenvalue weighted by molar-refractivity contribution is 0.0599. The van der Waals surface area contributed by atoms with Gasteiger partial charge in [-0.25, -0.2) is 4.79 Å². The largest absolute Gasteiger partial charge is 0.465 e. The lowest BCUT2D eigenvalue weighted by Crippen LogP contribution is -2.06. The summed E-state index contributed by atoms with van der Waals surface area (Å²) < 4.78 is 5.16. The maximum Gasteiger partial charge on any atom is 0.339 e. The van der Waals surface area contributed by atoms with Crippen LogP contribution in [0.5, 0.6) is 0 Å². The van der Waals surface area contributed by atoms with Crippen LogP contribution in [0, 0.1) is 11.3 Å². The highest BCUT2D eigenvalue weighted by Crippen LogP contribution is 2.22. The molecule has 0 amide bonds. The molecular weight excluding hydrogens is 260 g/mol. The van der Waals surface area contributed by atoms with Gasteiger partial charge in [-0.3, -0.25) is 0 Å². The summed E-state index contributed by atoms with van der Waals surface area (Å²) in [6.07, 6.45) is 0. The molecule has 0 aliphatic heterocycles. The molecule has 0 aromatic heterocycles. The van der Waals surface area contributed by atoms with Crippen LogP contribution in [0.1, 0.15) is 21.5 Å². The first-order valence-corrected chi connectivity index (χ1v) is 4.94. The van der Waals surface area contributed by atoms with Gasteiger partial charge >= 0.3 is 5.97 Å². The third kappa shape index (κ3) is 2.35. The molecule has 0 fully saturated rings. The summed E-state index contributed by atoms with van der Waals surface area (Å²) in [6, 6.07) is 5.11. The van der Waals surface area contributed by atoms with Crippen molar-refractivity contribution in [3.8, 4) is 6.07 Å². The lowest BCUT2D eigenvalue weighted by Gasteiger charge is -2.06. The molecule has 2 N–H and O–H groups in total. The van der Waals surface area contributed by atoms with Crippen LogP contribution in [-0.2, 0) is 11.3 Å². The van der Waals surface area contributed by atoms with Crippen LogP contribution in [0.2, 0.25) is 0 Å². The molecule has 0 heterocycles. The predicted octanol–water partition coefficient (Wildman–Crippen LogP) is 1.57. The summed E-state index contributed by atoms with van der Waals surface area (Å²) in [7, 11) is 1.29. The predicted molar refractivity (Wildman–Crippen MR) is 58.1 cm³/mol. The Morgan fingerprint density at radius 3 is 2.80 bits per heavy atom. The van der Waals surface area contributed by atoms with Crippen molar-refractivity contribution in [2.75, 3.05) is 7.11 Å². The second-order valence-electron chi connectivity index (χ2n) is 2.80. The molecule has 5 heteroatoms. The summed E-state index contributed by atoms with van der Waals surface area (Å²) in [5.74, 6) is -0.484. The Bertz CT molecular complexity index is 438.